The zero-order chi connectivity index (χ0) is 21.9. The third kappa shape index (κ3) is 4.79. The molecule has 0 amide bonds. The number of rotatable bonds is 7. The molecule has 1 aromatic heterocycles. The molecule has 1 aromatic carbocycles. The summed E-state index contributed by atoms with van der Waals surface area (Å²) in [4.78, 5) is 17.3. The molecule has 0 unspecified atom stereocenters. The van der Waals surface area contributed by atoms with E-state index in [1.165, 1.54) is 0 Å². The third-order valence-corrected chi connectivity index (χ3v) is 6.52. The normalized spacial score (nSPS) is 14.6. The van der Waals surface area contributed by atoms with Gasteiger partial charge in [-0.05, 0) is 37.1 Å². The van der Waals surface area contributed by atoms with E-state index in [0.29, 0.717) is 55.3 Å². The van der Waals surface area contributed by atoms with Crippen LogP contribution in [0, 0.1) is 13.8 Å². The molecule has 1 aliphatic heterocycles. The Morgan fingerprint density at radius 2 is 1.83 bits per heavy atom. The molecule has 0 spiro atoms. The van der Waals surface area contributed by atoms with Gasteiger partial charge in [0.2, 0.25) is 21.9 Å². The van der Waals surface area contributed by atoms with Crippen LogP contribution in [-0.4, -0.2) is 70.9 Å². The zero-order valence-corrected chi connectivity index (χ0v) is 18.8. The first-order valence-corrected chi connectivity index (χ1v) is 11.1. The van der Waals surface area contributed by atoms with Crippen molar-refractivity contribution in [3.8, 4) is 5.75 Å². The van der Waals surface area contributed by atoms with Gasteiger partial charge in [-0.15, -0.1) is 0 Å². The highest BCUT2D eigenvalue weighted by atomic mass is 32.2. The lowest BCUT2D eigenvalue weighted by Gasteiger charge is -2.27. The van der Waals surface area contributed by atoms with E-state index in [-0.39, 0.29) is 11.4 Å². The van der Waals surface area contributed by atoms with Gasteiger partial charge in [-0.25, -0.2) is 13.1 Å². The SMILES string of the molecule is COc1ccc(S(=O)(=O)NCc2nc(N(C)C)nc(N3CCOCC3)n2)c(C)c1C. The summed E-state index contributed by atoms with van der Waals surface area (Å²) in [5.74, 6) is 1.98. The molecule has 0 aliphatic carbocycles. The summed E-state index contributed by atoms with van der Waals surface area (Å²) < 4.78 is 39.1. The lowest BCUT2D eigenvalue weighted by atomic mass is 10.1. The minimum absolute atomic E-state index is 0.0481. The quantitative estimate of drug-likeness (QED) is 0.676. The maximum absolute atomic E-state index is 12.9. The molecular weight excluding hydrogens is 408 g/mol. The van der Waals surface area contributed by atoms with Crippen molar-refractivity contribution in [1.82, 2.24) is 19.7 Å². The van der Waals surface area contributed by atoms with Gasteiger partial charge in [0.15, 0.2) is 5.82 Å². The molecule has 0 bridgehead atoms. The van der Waals surface area contributed by atoms with Crippen molar-refractivity contribution in [2.45, 2.75) is 25.3 Å². The zero-order valence-electron chi connectivity index (χ0n) is 18.0. The first-order valence-electron chi connectivity index (χ1n) is 9.61. The van der Waals surface area contributed by atoms with Crippen molar-refractivity contribution in [3.63, 3.8) is 0 Å². The van der Waals surface area contributed by atoms with Crippen LogP contribution in [0.1, 0.15) is 17.0 Å². The highest BCUT2D eigenvalue weighted by molar-refractivity contribution is 7.89. The first-order chi connectivity index (χ1) is 14.2. The van der Waals surface area contributed by atoms with Gasteiger partial charge in [-0.1, -0.05) is 0 Å². The molecule has 1 N–H and O–H groups in total. The number of nitrogens with one attached hydrogen (secondary N) is 1. The van der Waals surface area contributed by atoms with Crippen molar-refractivity contribution < 1.29 is 17.9 Å². The predicted molar refractivity (Wildman–Crippen MR) is 114 cm³/mol. The Kier molecular flexibility index (Phi) is 6.74. The van der Waals surface area contributed by atoms with Crippen LogP contribution >= 0.6 is 0 Å². The lowest BCUT2D eigenvalue weighted by Crippen LogP contribution is -2.38. The number of hydrogen-bond donors (Lipinski definition) is 1. The molecule has 0 radical (unpaired) electrons. The number of anilines is 2. The summed E-state index contributed by atoms with van der Waals surface area (Å²) in [7, 11) is 1.46. The van der Waals surface area contributed by atoms with E-state index in [2.05, 4.69) is 19.7 Å². The number of hydrogen-bond acceptors (Lipinski definition) is 9. The van der Waals surface area contributed by atoms with Crippen molar-refractivity contribution in [2.75, 3.05) is 57.3 Å². The van der Waals surface area contributed by atoms with Gasteiger partial charge in [0.05, 0.1) is 31.8 Å². The standard InChI is InChI=1S/C19H28N6O4S/c1-13-14(2)16(7-6-15(13)28-5)30(26,27)20-12-17-21-18(24(3)4)23-19(22-17)25-8-10-29-11-9-25/h6-7,20H,8-12H2,1-5H3. The second-order valence-corrected chi connectivity index (χ2v) is 8.92. The molecule has 10 nitrogen and oxygen atoms in total. The van der Waals surface area contributed by atoms with E-state index in [0.717, 1.165) is 5.56 Å². The van der Waals surface area contributed by atoms with Crippen LogP contribution in [0.3, 0.4) is 0 Å². The molecule has 2 aromatic rings. The number of morpholine rings is 1. The van der Waals surface area contributed by atoms with Gasteiger partial charge in [0.1, 0.15) is 5.75 Å². The van der Waals surface area contributed by atoms with Crippen LogP contribution in [0.2, 0.25) is 0 Å². The Bertz CT molecular complexity index is 1010. The van der Waals surface area contributed by atoms with Crippen molar-refractivity contribution in [3.05, 3.63) is 29.1 Å². The van der Waals surface area contributed by atoms with Crippen LogP contribution in [0.15, 0.2) is 17.0 Å². The fourth-order valence-electron chi connectivity index (χ4n) is 3.10. The fourth-order valence-corrected chi connectivity index (χ4v) is 4.38. The highest BCUT2D eigenvalue weighted by Gasteiger charge is 2.21. The molecule has 1 fully saturated rings. The van der Waals surface area contributed by atoms with E-state index in [1.54, 1.807) is 31.1 Å². The van der Waals surface area contributed by atoms with E-state index in [1.807, 2.05) is 25.9 Å². The molecule has 164 valence electrons. The van der Waals surface area contributed by atoms with Crippen LogP contribution in [0.25, 0.3) is 0 Å². The largest absolute Gasteiger partial charge is 0.496 e. The smallest absolute Gasteiger partial charge is 0.241 e. The van der Waals surface area contributed by atoms with Crippen LogP contribution < -0.4 is 19.3 Å². The number of nitrogens with zero attached hydrogens (tertiary/aromatic N) is 5. The molecule has 11 heteroatoms. The molecule has 30 heavy (non-hydrogen) atoms. The summed E-state index contributed by atoms with van der Waals surface area (Å²) in [5.41, 5.74) is 1.42. The number of aromatic nitrogens is 3. The molecule has 1 saturated heterocycles. The van der Waals surface area contributed by atoms with Gasteiger partial charge < -0.3 is 19.3 Å². The van der Waals surface area contributed by atoms with Gasteiger partial charge in [-0.2, -0.15) is 15.0 Å². The Balaban J connectivity index is 1.85. The molecule has 2 heterocycles. The second-order valence-electron chi connectivity index (χ2n) is 7.19. The van der Waals surface area contributed by atoms with E-state index < -0.39 is 10.0 Å². The van der Waals surface area contributed by atoms with Gasteiger partial charge in [0, 0.05) is 27.2 Å². The predicted octanol–water partition coefficient (Wildman–Crippen LogP) is 0.878. The van der Waals surface area contributed by atoms with Crippen LogP contribution in [-0.2, 0) is 21.3 Å². The molecule has 1 aliphatic rings. The van der Waals surface area contributed by atoms with Gasteiger partial charge in [-0.3, -0.25) is 0 Å². The summed E-state index contributed by atoms with van der Waals surface area (Å²) in [6.45, 7) is 6.08. The number of ether oxygens (including phenoxy) is 2. The van der Waals surface area contributed by atoms with Crippen molar-refractivity contribution in [2.24, 2.45) is 0 Å². The topological polar surface area (TPSA) is 110 Å². The van der Waals surface area contributed by atoms with Crippen LogP contribution in [0.5, 0.6) is 5.75 Å². The minimum atomic E-state index is -3.76. The summed E-state index contributed by atoms with van der Waals surface area (Å²) >= 11 is 0. The van der Waals surface area contributed by atoms with Crippen molar-refractivity contribution in [1.29, 1.82) is 0 Å². The van der Waals surface area contributed by atoms with Crippen molar-refractivity contribution >= 4 is 21.9 Å². The molecule has 3 rings (SSSR count). The Hall–Kier alpha value is -2.50. The first kappa shape index (κ1) is 22.2. The molecule has 0 saturated carbocycles. The lowest BCUT2D eigenvalue weighted by molar-refractivity contribution is 0.122. The van der Waals surface area contributed by atoms with Gasteiger partial charge >= 0.3 is 0 Å². The third-order valence-electron chi connectivity index (χ3n) is 4.97. The Labute approximate surface area is 177 Å². The summed E-state index contributed by atoms with van der Waals surface area (Å²) in [6, 6.07) is 3.20. The van der Waals surface area contributed by atoms with E-state index >= 15 is 0 Å². The Morgan fingerprint density at radius 1 is 1.13 bits per heavy atom. The monoisotopic (exact) mass is 436 g/mol. The summed E-state index contributed by atoms with van der Waals surface area (Å²) in [6.07, 6.45) is 0. The fraction of sp³-hybridized carbons (Fsp3) is 0.526. The summed E-state index contributed by atoms with van der Waals surface area (Å²) in [5, 5.41) is 0. The average molecular weight is 437 g/mol. The minimum Gasteiger partial charge on any atom is -0.496 e. The van der Waals surface area contributed by atoms with E-state index in [4.69, 9.17) is 9.47 Å². The number of benzene rings is 1. The van der Waals surface area contributed by atoms with Gasteiger partial charge in [0.25, 0.3) is 0 Å². The number of methoxy groups -OCH3 is 1. The second kappa shape index (κ2) is 9.11. The number of sulfonamides is 1. The highest BCUT2D eigenvalue weighted by Crippen LogP contribution is 2.26. The van der Waals surface area contributed by atoms with E-state index in [9.17, 15) is 8.42 Å². The average Bonchev–Trinajstić information content (AvgIpc) is 2.74. The maximum Gasteiger partial charge on any atom is 0.241 e. The maximum atomic E-state index is 12.9. The molecular formula is C19H28N6O4S. The Morgan fingerprint density at radius 3 is 2.47 bits per heavy atom. The van der Waals surface area contributed by atoms with Crippen LogP contribution in [0.4, 0.5) is 11.9 Å². The molecule has 0 atom stereocenters.